The SMILES string of the molecule is CCCc1ccc(N2C(=O)C(=NNc3cccc(-c4cccc(C(=O)O)c4)c3O)c3cc(Cl)ccc32)cc1. The summed E-state index contributed by atoms with van der Waals surface area (Å²) < 4.78 is 0. The van der Waals surface area contributed by atoms with E-state index in [4.69, 9.17) is 11.6 Å². The molecular weight excluding hydrogens is 502 g/mol. The van der Waals surface area contributed by atoms with Gasteiger partial charge in [0.2, 0.25) is 0 Å². The highest BCUT2D eigenvalue weighted by Crippen LogP contribution is 2.39. The summed E-state index contributed by atoms with van der Waals surface area (Å²) in [5, 5.41) is 25.1. The average Bonchev–Trinajstić information content (AvgIpc) is 3.19. The van der Waals surface area contributed by atoms with E-state index < -0.39 is 5.97 Å². The third-order valence-electron chi connectivity index (χ3n) is 6.34. The van der Waals surface area contributed by atoms with Crippen LogP contribution < -0.4 is 10.3 Å². The van der Waals surface area contributed by atoms with Crippen LogP contribution in [0.5, 0.6) is 5.75 Å². The zero-order chi connectivity index (χ0) is 26.8. The molecule has 0 spiro atoms. The molecule has 4 aromatic carbocycles. The fraction of sp³-hybridized carbons (Fsp3) is 0.100. The lowest BCUT2D eigenvalue weighted by Crippen LogP contribution is -2.26. The Kier molecular flexibility index (Phi) is 6.85. The number of nitrogens with zero attached hydrogens (tertiary/aromatic N) is 2. The van der Waals surface area contributed by atoms with Gasteiger partial charge in [0.25, 0.3) is 5.91 Å². The number of carbonyl (C=O) groups is 2. The van der Waals surface area contributed by atoms with Gasteiger partial charge in [-0.1, -0.05) is 61.3 Å². The first kappa shape index (κ1) is 25.0. The molecule has 1 aliphatic heterocycles. The van der Waals surface area contributed by atoms with Crippen LogP contribution in [-0.2, 0) is 11.2 Å². The molecule has 0 aliphatic carbocycles. The fourth-order valence-corrected chi connectivity index (χ4v) is 4.66. The molecule has 0 unspecified atom stereocenters. The number of aryl methyl sites for hydroxylation is 1. The summed E-state index contributed by atoms with van der Waals surface area (Å²) in [5.41, 5.74) is 7.43. The number of carbonyl (C=O) groups excluding carboxylic acids is 1. The van der Waals surface area contributed by atoms with Gasteiger partial charge in [-0.3, -0.25) is 15.1 Å². The number of aromatic carboxylic acids is 1. The van der Waals surface area contributed by atoms with E-state index >= 15 is 0 Å². The lowest BCUT2D eigenvalue weighted by Gasteiger charge is -2.17. The first-order chi connectivity index (χ1) is 18.4. The Morgan fingerprint density at radius 3 is 2.47 bits per heavy atom. The van der Waals surface area contributed by atoms with Crippen LogP contribution in [0.15, 0.2) is 90.0 Å². The van der Waals surface area contributed by atoms with Crippen molar-refractivity contribution in [1.29, 1.82) is 0 Å². The van der Waals surface area contributed by atoms with Crippen molar-refractivity contribution in [3.8, 4) is 16.9 Å². The minimum atomic E-state index is -1.06. The van der Waals surface area contributed by atoms with E-state index in [-0.39, 0.29) is 28.6 Å². The topological polar surface area (TPSA) is 102 Å². The third-order valence-corrected chi connectivity index (χ3v) is 6.57. The van der Waals surface area contributed by atoms with Gasteiger partial charge in [0.05, 0.1) is 16.9 Å². The van der Waals surface area contributed by atoms with E-state index in [0.717, 1.165) is 12.8 Å². The zero-order valence-corrected chi connectivity index (χ0v) is 21.2. The molecule has 190 valence electrons. The van der Waals surface area contributed by atoms with E-state index in [1.54, 1.807) is 53.4 Å². The maximum Gasteiger partial charge on any atom is 0.335 e. The number of para-hydroxylation sites is 1. The van der Waals surface area contributed by atoms with Crippen LogP contribution in [0.3, 0.4) is 0 Å². The fourth-order valence-electron chi connectivity index (χ4n) is 4.49. The van der Waals surface area contributed by atoms with E-state index in [2.05, 4.69) is 17.5 Å². The number of hydrogen-bond donors (Lipinski definition) is 3. The summed E-state index contributed by atoms with van der Waals surface area (Å²) >= 11 is 6.26. The average molecular weight is 526 g/mol. The van der Waals surface area contributed by atoms with Gasteiger partial charge in [0, 0.05) is 21.8 Å². The number of carboxylic acid groups (broad SMARTS) is 1. The van der Waals surface area contributed by atoms with Gasteiger partial charge in [-0.15, -0.1) is 0 Å². The van der Waals surface area contributed by atoms with Gasteiger partial charge in [-0.05, 0) is 66.1 Å². The first-order valence-corrected chi connectivity index (χ1v) is 12.5. The summed E-state index contributed by atoms with van der Waals surface area (Å²) in [6, 6.07) is 24.3. The lowest BCUT2D eigenvalue weighted by atomic mass is 10.0. The molecule has 0 saturated heterocycles. The smallest absolute Gasteiger partial charge is 0.335 e. The molecule has 38 heavy (non-hydrogen) atoms. The summed E-state index contributed by atoms with van der Waals surface area (Å²) in [6.45, 7) is 2.12. The number of fused-ring (bicyclic) bond motifs is 1. The van der Waals surface area contributed by atoms with E-state index in [1.165, 1.54) is 17.7 Å². The number of hydrogen-bond acceptors (Lipinski definition) is 5. The van der Waals surface area contributed by atoms with Crippen molar-refractivity contribution in [1.82, 2.24) is 0 Å². The number of phenols is 1. The minimum absolute atomic E-state index is 0.105. The van der Waals surface area contributed by atoms with E-state index in [9.17, 15) is 19.8 Å². The maximum absolute atomic E-state index is 13.6. The molecule has 1 heterocycles. The second-order valence-electron chi connectivity index (χ2n) is 8.88. The molecule has 0 radical (unpaired) electrons. The molecule has 4 aromatic rings. The van der Waals surface area contributed by atoms with Crippen LogP contribution in [0.25, 0.3) is 11.1 Å². The Labute approximate surface area is 224 Å². The molecule has 5 rings (SSSR count). The van der Waals surface area contributed by atoms with Gasteiger partial charge in [-0.2, -0.15) is 5.10 Å². The van der Waals surface area contributed by atoms with E-state index in [1.807, 2.05) is 24.3 Å². The van der Waals surface area contributed by atoms with Crippen molar-refractivity contribution < 1.29 is 19.8 Å². The lowest BCUT2D eigenvalue weighted by molar-refractivity contribution is -0.111. The molecule has 3 N–H and O–H groups in total. The zero-order valence-electron chi connectivity index (χ0n) is 20.5. The van der Waals surface area contributed by atoms with Gasteiger partial charge in [0.1, 0.15) is 5.75 Å². The third kappa shape index (κ3) is 4.71. The van der Waals surface area contributed by atoms with Gasteiger partial charge in [-0.25, -0.2) is 4.79 Å². The van der Waals surface area contributed by atoms with Gasteiger partial charge < -0.3 is 10.2 Å². The van der Waals surface area contributed by atoms with Crippen LogP contribution in [0.1, 0.15) is 34.8 Å². The minimum Gasteiger partial charge on any atom is -0.505 e. The second kappa shape index (κ2) is 10.4. The van der Waals surface area contributed by atoms with Crippen molar-refractivity contribution in [2.45, 2.75) is 19.8 Å². The number of halogens is 1. The normalized spacial score (nSPS) is 13.6. The Morgan fingerprint density at radius 1 is 0.974 bits per heavy atom. The van der Waals surface area contributed by atoms with Crippen LogP contribution in [0, 0.1) is 0 Å². The number of rotatable bonds is 7. The number of aromatic hydroxyl groups is 1. The summed E-state index contributed by atoms with van der Waals surface area (Å²) in [5.74, 6) is -1.52. The number of benzene rings is 4. The van der Waals surface area contributed by atoms with E-state index in [0.29, 0.717) is 33.1 Å². The maximum atomic E-state index is 13.6. The summed E-state index contributed by atoms with van der Waals surface area (Å²) in [6.07, 6.45) is 1.99. The largest absolute Gasteiger partial charge is 0.505 e. The highest BCUT2D eigenvalue weighted by molar-refractivity contribution is 6.56. The van der Waals surface area contributed by atoms with Gasteiger partial charge >= 0.3 is 5.97 Å². The first-order valence-electron chi connectivity index (χ1n) is 12.1. The molecule has 0 fully saturated rings. The van der Waals surface area contributed by atoms with Crippen LogP contribution >= 0.6 is 11.6 Å². The highest BCUT2D eigenvalue weighted by atomic mass is 35.5. The Bertz CT molecular complexity index is 1580. The quantitative estimate of drug-likeness (QED) is 0.181. The second-order valence-corrected chi connectivity index (χ2v) is 9.31. The number of carboxylic acids is 1. The predicted octanol–water partition coefficient (Wildman–Crippen LogP) is 6.86. The monoisotopic (exact) mass is 525 g/mol. The molecule has 7 nitrogen and oxygen atoms in total. The standard InChI is InChI=1S/C30H24ClN3O4/c1-2-5-18-10-13-22(14-11-18)34-26-15-12-21(31)17-24(26)27(29(34)36)33-32-25-9-4-8-23(28(25)35)19-6-3-7-20(16-19)30(37)38/h3-4,6-17,32,35H,2,5H2,1H3,(H,37,38). The van der Waals surface area contributed by atoms with Crippen molar-refractivity contribution in [2.75, 3.05) is 10.3 Å². The molecule has 1 amide bonds. The van der Waals surface area contributed by atoms with Crippen molar-refractivity contribution in [2.24, 2.45) is 5.10 Å². The number of phenolic OH excluding ortho intramolecular Hbond substituents is 1. The molecular formula is C30H24ClN3O4. The summed E-state index contributed by atoms with van der Waals surface area (Å²) in [4.78, 5) is 26.5. The van der Waals surface area contributed by atoms with Crippen molar-refractivity contribution in [3.05, 3.63) is 107 Å². The van der Waals surface area contributed by atoms with Gasteiger partial charge in [0.15, 0.2) is 5.71 Å². The number of hydrazone groups is 1. The Hall–Kier alpha value is -4.62. The van der Waals surface area contributed by atoms with Crippen LogP contribution in [0.2, 0.25) is 5.02 Å². The van der Waals surface area contributed by atoms with Crippen molar-refractivity contribution >= 4 is 46.3 Å². The van der Waals surface area contributed by atoms with Crippen molar-refractivity contribution in [3.63, 3.8) is 0 Å². The number of amides is 1. The Balaban J connectivity index is 1.50. The molecule has 0 aromatic heterocycles. The molecule has 8 heteroatoms. The summed E-state index contributed by atoms with van der Waals surface area (Å²) in [7, 11) is 0. The highest BCUT2D eigenvalue weighted by Gasteiger charge is 2.35. The molecule has 1 aliphatic rings. The number of nitrogens with one attached hydrogen (secondary N) is 1. The van der Waals surface area contributed by atoms with Crippen LogP contribution in [0.4, 0.5) is 17.1 Å². The Morgan fingerprint density at radius 2 is 1.74 bits per heavy atom. The molecule has 0 saturated carbocycles. The molecule has 0 bridgehead atoms. The van der Waals surface area contributed by atoms with Crippen LogP contribution in [-0.4, -0.2) is 27.8 Å². The molecule has 0 atom stereocenters. The predicted molar refractivity (Wildman–Crippen MR) is 150 cm³/mol. The number of anilines is 3.